The van der Waals surface area contributed by atoms with Crippen molar-refractivity contribution >= 4 is 32.9 Å². The molecule has 0 saturated heterocycles. The molecule has 112 valence electrons. The fourth-order valence-corrected chi connectivity index (χ4v) is 5.85. The summed E-state index contributed by atoms with van der Waals surface area (Å²) in [5, 5.41) is 0.688. The standard InChI is InChI=1S/C16H11O2.3CH3.Sn/c17-16-13(10-12-6-2-1-3-7-12)11-18-15-9-5-4-8-14(15)16;;;;/h1-4,6-9,11H,10H2;3*1H3;. The molecule has 0 aliphatic heterocycles. The van der Waals surface area contributed by atoms with Crippen molar-refractivity contribution < 1.29 is 4.42 Å². The Kier molecular flexibility index (Phi) is 4.13. The average Bonchev–Trinajstić information content (AvgIpc) is 2.50. The van der Waals surface area contributed by atoms with Crippen molar-refractivity contribution in [2.24, 2.45) is 0 Å². The number of hydrogen-bond donors (Lipinski definition) is 0. The molecule has 0 amide bonds. The van der Waals surface area contributed by atoms with Gasteiger partial charge in [0.05, 0.1) is 0 Å². The van der Waals surface area contributed by atoms with Crippen molar-refractivity contribution in [2.75, 3.05) is 0 Å². The number of benzene rings is 2. The molecule has 2 aromatic carbocycles. The van der Waals surface area contributed by atoms with Gasteiger partial charge < -0.3 is 0 Å². The Morgan fingerprint density at radius 3 is 2.41 bits per heavy atom. The van der Waals surface area contributed by atoms with Gasteiger partial charge in [-0.15, -0.1) is 0 Å². The Hall–Kier alpha value is -1.55. The summed E-state index contributed by atoms with van der Waals surface area (Å²) in [5.41, 5.74) is 2.63. The molecule has 3 heteroatoms. The zero-order valence-corrected chi connectivity index (χ0v) is 16.1. The van der Waals surface area contributed by atoms with Crippen molar-refractivity contribution in [2.45, 2.75) is 21.2 Å². The second-order valence-corrected chi connectivity index (χ2v) is 21.2. The molecule has 1 aromatic heterocycles. The molecule has 0 radical (unpaired) electrons. The van der Waals surface area contributed by atoms with Crippen LogP contribution >= 0.6 is 0 Å². The molecular formula is C19H20O2Sn. The van der Waals surface area contributed by atoms with Crippen molar-refractivity contribution in [3.63, 3.8) is 0 Å². The van der Waals surface area contributed by atoms with Gasteiger partial charge in [-0.2, -0.15) is 0 Å². The van der Waals surface area contributed by atoms with Crippen LogP contribution in [0.5, 0.6) is 0 Å². The molecule has 0 saturated carbocycles. The predicted octanol–water partition coefficient (Wildman–Crippen LogP) is 3.93. The van der Waals surface area contributed by atoms with Crippen LogP contribution in [0.15, 0.2) is 64.0 Å². The van der Waals surface area contributed by atoms with E-state index in [1.807, 2.05) is 36.4 Å². The molecule has 3 rings (SSSR count). The van der Waals surface area contributed by atoms with Crippen molar-refractivity contribution in [3.8, 4) is 0 Å². The molecule has 0 spiro atoms. The van der Waals surface area contributed by atoms with Crippen LogP contribution in [-0.4, -0.2) is 18.4 Å². The third-order valence-electron chi connectivity index (χ3n) is 3.95. The van der Waals surface area contributed by atoms with Gasteiger partial charge in [-0.3, -0.25) is 0 Å². The third kappa shape index (κ3) is 3.12. The van der Waals surface area contributed by atoms with Gasteiger partial charge in [0.25, 0.3) is 0 Å². The predicted molar refractivity (Wildman–Crippen MR) is 94.7 cm³/mol. The number of fused-ring (bicyclic) bond motifs is 1. The summed E-state index contributed by atoms with van der Waals surface area (Å²) in [6, 6.07) is 16.1. The molecule has 0 atom stereocenters. The van der Waals surface area contributed by atoms with Gasteiger partial charge in [0.1, 0.15) is 0 Å². The van der Waals surface area contributed by atoms with E-state index >= 15 is 0 Å². The molecule has 3 aromatic rings. The molecule has 0 aliphatic carbocycles. The van der Waals surface area contributed by atoms with Crippen LogP contribution < -0.4 is 9.01 Å². The van der Waals surface area contributed by atoms with Crippen molar-refractivity contribution in [3.05, 3.63) is 76.1 Å². The molecule has 2 nitrogen and oxygen atoms in total. The zero-order valence-electron chi connectivity index (χ0n) is 13.2. The summed E-state index contributed by atoms with van der Waals surface area (Å²) in [5.74, 6) is 0. The average molecular weight is 399 g/mol. The Morgan fingerprint density at radius 1 is 1.00 bits per heavy atom. The summed E-state index contributed by atoms with van der Waals surface area (Å²) in [4.78, 5) is 19.7. The van der Waals surface area contributed by atoms with Crippen LogP contribution in [-0.2, 0) is 6.42 Å². The topological polar surface area (TPSA) is 30.2 Å². The number of hydrogen-bond acceptors (Lipinski definition) is 2. The zero-order chi connectivity index (χ0) is 15.7. The maximum atomic E-state index is 12.7. The molecule has 0 fully saturated rings. The molecule has 0 aliphatic rings. The second-order valence-electron chi connectivity index (χ2n) is 6.71. The first kappa shape index (κ1) is 15.3. The Balaban J connectivity index is 2.05. The summed E-state index contributed by atoms with van der Waals surface area (Å²) in [7, 11) is 0. The first-order valence-electron chi connectivity index (χ1n) is 7.54. The summed E-state index contributed by atoms with van der Waals surface area (Å²) in [6.07, 6.45) is 2.24. The van der Waals surface area contributed by atoms with Gasteiger partial charge in [0.2, 0.25) is 0 Å². The van der Waals surface area contributed by atoms with E-state index in [0.29, 0.717) is 23.0 Å². The Labute approximate surface area is 134 Å². The fourth-order valence-electron chi connectivity index (χ4n) is 2.57. The molecular weight excluding hydrogens is 379 g/mol. The van der Waals surface area contributed by atoms with Gasteiger partial charge in [0, 0.05) is 0 Å². The molecule has 0 N–H and O–H groups in total. The summed E-state index contributed by atoms with van der Waals surface area (Å²) >= 11 is -2.14. The summed E-state index contributed by atoms with van der Waals surface area (Å²) in [6.45, 7) is 0. The quantitative estimate of drug-likeness (QED) is 0.625. The van der Waals surface area contributed by atoms with E-state index in [1.165, 1.54) is 3.58 Å². The fraction of sp³-hybridized carbons (Fsp3) is 0.211. The Bertz CT molecular complexity index is 858. The molecule has 22 heavy (non-hydrogen) atoms. The van der Waals surface area contributed by atoms with E-state index in [1.54, 1.807) is 6.26 Å². The van der Waals surface area contributed by atoms with Crippen LogP contribution in [0.4, 0.5) is 0 Å². The monoisotopic (exact) mass is 400 g/mol. The molecule has 0 bridgehead atoms. The normalized spacial score (nSPS) is 11.8. The molecule has 0 unspecified atom stereocenters. The van der Waals surface area contributed by atoms with E-state index in [0.717, 1.165) is 5.56 Å². The minimum absolute atomic E-state index is 0.0840. The number of rotatable bonds is 3. The van der Waals surface area contributed by atoms with Gasteiger partial charge in [-0.1, -0.05) is 0 Å². The first-order chi connectivity index (χ1) is 10.4. The SMILES string of the molecule is [CH3][Sn]([CH3])([CH3])[c]1ccc2c(=O)c(Cc3ccccc3)coc2c1. The first-order valence-corrected chi connectivity index (χ1v) is 17.5. The van der Waals surface area contributed by atoms with Crippen LogP contribution in [0, 0.1) is 0 Å². The van der Waals surface area contributed by atoms with Crippen LogP contribution in [0.3, 0.4) is 0 Å². The van der Waals surface area contributed by atoms with Crippen LogP contribution in [0.1, 0.15) is 11.1 Å². The van der Waals surface area contributed by atoms with E-state index in [-0.39, 0.29) is 5.43 Å². The minimum atomic E-state index is -2.14. The van der Waals surface area contributed by atoms with Gasteiger partial charge in [-0.05, 0) is 0 Å². The van der Waals surface area contributed by atoms with Crippen molar-refractivity contribution in [1.82, 2.24) is 0 Å². The van der Waals surface area contributed by atoms with E-state index in [9.17, 15) is 4.79 Å². The van der Waals surface area contributed by atoms with Gasteiger partial charge >= 0.3 is 135 Å². The van der Waals surface area contributed by atoms with Gasteiger partial charge in [-0.25, -0.2) is 0 Å². The third-order valence-corrected chi connectivity index (χ3v) is 9.78. The maximum absolute atomic E-state index is 12.7. The Morgan fingerprint density at radius 2 is 1.73 bits per heavy atom. The molecule has 1 heterocycles. The van der Waals surface area contributed by atoms with E-state index < -0.39 is 18.4 Å². The van der Waals surface area contributed by atoms with E-state index in [4.69, 9.17) is 4.42 Å². The van der Waals surface area contributed by atoms with Crippen LogP contribution in [0.2, 0.25) is 14.8 Å². The van der Waals surface area contributed by atoms with Crippen molar-refractivity contribution in [1.29, 1.82) is 0 Å². The summed E-state index contributed by atoms with van der Waals surface area (Å²) < 4.78 is 7.14. The van der Waals surface area contributed by atoms with Gasteiger partial charge in [0.15, 0.2) is 0 Å². The second kappa shape index (κ2) is 5.92. The van der Waals surface area contributed by atoms with Crippen LogP contribution in [0.25, 0.3) is 11.0 Å². The van der Waals surface area contributed by atoms with E-state index in [2.05, 4.69) is 27.0 Å².